The van der Waals surface area contributed by atoms with Gasteiger partial charge in [-0.25, -0.2) is 4.39 Å². The molecule has 0 aliphatic carbocycles. The minimum absolute atomic E-state index is 0.174. The van der Waals surface area contributed by atoms with Crippen molar-refractivity contribution in [3.8, 4) is 0 Å². The smallest absolute Gasteiger partial charge is 0.123 e. The zero-order chi connectivity index (χ0) is 11.7. The quantitative estimate of drug-likeness (QED) is 0.842. The van der Waals surface area contributed by atoms with E-state index in [4.69, 9.17) is 0 Å². The Kier molecular flexibility index (Phi) is 2.97. The minimum Gasteiger partial charge on any atom is -0.358 e. The summed E-state index contributed by atoms with van der Waals surface area (Å²) >= 11 is 0. The third-order valence-electron chi connectivity index (χ3n) is 3.05. The molecule has 0 unspecified atom stereocenters. The fourth-order valence-electron chi connectivity index (χ4n) is 1.94. The Bertz CT molecular complexity index is 502. The van der Waals surface area contributed by atoms with Gasteiger partial charge in [-0.15, -0.1) is 0 Å². The molecular formula is C13H17FN2. The summed E-state index contributed by atoms with van der Waals surface area (Å²) < 4.78 is 13.2. The Hall–Kier alpha value is -1.35. The SMILES string of the molecule is CCN(C)Cc1c(C)[nH]c2ccc(F)cc12. The molecule has 3 heteroatoms. The van der Waals surface area contributed by atoms with Gasteiger partial charge in [-0.2, -0.15) is 0 Å². The van der Waals surface area contributed by atoms with Crippen molar-refractivity contribution in [3.05, 3.63) is 35.3 Å². The van der Waals surface area contributed by atoms with Crippen molar-refractivity contribution in [1.29, 1.82) is 0 Å². The van der Waals surface area contributed by atoms with Crippen LogP contribution in [-0.2, 0) is 6.54 Å². The highest BCUT2D eigenvalue weighted by Crippen LogP contribution is 2.23. The molecule has 0 saturated carbocycles. The summed E-state index contributed by atoms with van der Waals surface area (Å²) in [6.07, 6.45) is 0. The van der Waals surface area contributed by atoms with Gasteiger partial charge in [0.15, 0.2) is 0 Å². The second kappa shape index (κ2) is 4.26. The van der Waals surface area contributed by atoms with E-state index in [-0.39, 0.29) is 5.82 Å². The first kappa shape index (κ1) is 11.1. The molecule has 0 aliphatic heterocycles. The maximum atomic E-state index is 13.2. The second-order valence-corrected chi connectivity index (χ2v) is 4.25. The molecule has 0 amide bonds. The van der Waals surface area contributed by atoms with E-state index in [1.54, 1.807) is 12.1 Å². The first-order chi connectivity index (χ1) is 7.61. The molecule has 1 aromatic carbocycles. The summed E-state index contributed by atoms with van der Waals surface area (Å²) in [4.78, 5) is 5.50. The lowest BCUT2D eigenvalue weighted by Crippen LogP contribution is -2.17. The third kappa shape index (κ3) is 1.95. The standard InChI is InChI=1S/C13H17FN2/c1-4-16(3)8-12-9(2)15-13-6-5-10(14)7-11(12)13/h5-7,15H,4,8H2,1-3H3. The molecule has 0 fully saturated rings. The zero-order valence-corrected chi connectivity index (χ0v) is 9.97. The molecule has 0 aliphatic rings. The minimum atomic E-state index is -0.174. The van der Waals surface area contributed by atoms with E-state index in [9.17, 15) is 4.39 Å². The summed E-state index contributed by atoms with van der Waals surface area (Å²) in [5.74, 6) is -0.174. The van der Waals surface area contributed by atoms with Crippen molar-refractivity contribution in [2.45, 2.75) is 20.4 Å². The maximum absolute atomic E-state index is 13.2. The number of halogens is 1. The van der Waals surface area contributed by atoms with Gasteiger partial charge in [0.25, 0.3) is 0 Å². The van der Waals surface area contributed by atoms with Crippen LogP contribution in [0.1, 0.15) is 18.2 Å². The van der Waals surface area contributed by atoms with Gasteiger partial charge >= 0.3 is 0 Å². The number of benzene rings is 1. The number of fused-ring (bicyclic) bond motifs is 1. The highest BCUT2D eigenvalue weighted by atomic mass is 19.1. The molecule has 0 bridgehead atoms. The van der Waals surface area contributed by atoms with Crippen molar-refractivity contribution in [3.63, 3.8) is 0 Å². The van der Waals surface area contributed by atoms with Gasteiger partial charge in [-0.1, -0.05) is 6.92 Å². The Morgan fingerprint density at radius 1 is 1.38 bits per heavy atom. The summed E-state index contributed by atoms with van der Waals surface area (Å²) in [6.45, 7) is 5.99. The molecule has 0 saturated heterocycles. The van der Waals surface area contributed by atoms with Crippen LogP contribution in [0, 0.1) is 12.7 Å². The Morgan fingerprint density at radius 2 is 2.12 bits per heavy atom. The van der Waals surface area contributed by atoms with Crippen LogP contribution < -0.4 is 0 Å². The molecule has 1 heterocycles. The fraction of sp³-hybridized carbons (Fsp3) is 0.385. The molecule has 2 aromatic rings. The van der Waals surface area contributed by atoms with Crippen molar-refractivity contribution in [1.82, 2.24) is 9.88 Å². The average molecular weight is 220 g/mol. The lowest BCUT2D eigenvalue weighted by Gasteiger charge is -2.13. The molecule has 1 aromatic heterocycles. The van der Waals surface area contributed by atoms with Crippen molar-refractivity contribution < 1.29 is 4.39 Å². The van der Waals surface area contributed by atoms with Gasteiger partial charge in [0.1, 0.15) is 5.82 Å². The largest absolute Gasteiger partial charge is 0.358 e. The number of aromatic amines is 1. The lowest BCUT2D eigenvalue weighted by atomic mass is 10.1. The van der Waals surface area contributed by atoms with Crippen LogP contribution in [0.5, 0.6) is 0 Å². The van der Waals surface area contributed by atoms with Gasteiger partial charge in [-0.05, 0) is 44.3 Å². The van der Waals surface area contributed by atoms with Crippen LogP contribution in [0.3, 0.4) is 0 Å². The molecule has 1 N–H and O–H groups in total. The predicted molar refractivity (Wildman–Crippen MR) is 65.0 cm³/mol. The molecule has 0 radical (unpaired) electrons. The Labute approximate surface area is 95.1 Å². The molecular weight excluding hydrogens is 203 g/mol. The highest BCUT2D eigenvalue weighted by molar-refractivity contribution is 5.84. The van der Waals surface area contributed by atoms with Crippen molar-refractivity contribution >= 4 is 10.9 Å². The van der Waals surface area contributed by atoms with E-state index in [0.717, 1.165) is 29.7 Å². The van der Waals surface area contributed by atoms with Crippen LogP contribution in [0.25, 0.3) is 10.9 Å². The number of aromatic nitrogens is 1. The number of rotatable bonds is 3. The van der Waals surface area contributed by atoms with E-state index in [0.29, 0.717) is 0 Å². The number of nitrogens with zero attached hydrogens (tertiary/aromatic N) is 1. The van der Waals surface area contributed by atoms with Gasteiger partial charge in [0.2, 0.25) is 0 Å². The zero-order valence-electron chi connectivity index (χ0n) is 9.97. The number of hydrogen-bond acceptors (Lipinski definition) is 1. The molecule has 0 spiro atoms. The molecule has 16 heavy (non-hydrogen) atoms. The van der Waals surface area contributed by atoms with Crippen LogP contribution in [0.15, 0.2) is 18.2 Å². The van der Waals surface area contributed by atoms with Gasteiger partial charge in [-0.3, -0.25) is 0 Å². The topological polar surface area (TPSA) is 19.0 Å². The van der Waals surface area contributed by atoms with Gasteiger partial charge in [0, 0.05) is 23.1 Å². The van der Waals surface area contributed by atoms with E-state index in [1.807, 2.05) is 6.92 Å². The summed E-state index contributed by atoms with van der Waals surface area (Å²) in [5.41, 5.74) is 3.33. The van der Waals surface area contributed by atoms with Gasteiger partial charge in [0.05, 0.1) is 0 Å². The monoisotopic (exact) mass is 220 g/mol. The summed E-state index contributed by atoms with van der Waals surface area (Å²) in [6, 6.07) is 4.90. The predicted octanol–water partition coefficient (Wildman–Crippen LogP) is 3.07. The average Bonchev–Trinajstić information content (AvgIpc) is 2.55. The lowest BCUT2D eigenvalue weighted by molar-refractivity contribution is 0.346. The van der Waals surface area contributed by atoms with E-state index < -0.39 is 0 Å². The summed E-state index contributed by atoms with van der Waals surface area (Å²) in [7, 11) is 2.07. The van der Waals surface area contributed by atoms with Crippen LogP contribution in [0.2, 0.25) is 0 Å². The first-order valence-electron chi connectivity index (χ1n) is 5.57. The fourth-order valence-corrected chi connectivity index (χ4v) is 1.94. The Morgan fingerprint density at radius 3 is 2.81 bits per heavy atom. The number of aryl methyl sites for hydroxylation is 1. The van der Waals surface area contributed by atoms with Crippen LogP contribution in [0.4, 0.5) is 4.39 Å². The van der Waals surface area contributed by atoms with Crippen molar-refractivity contribution in [2.75, 3.05) is 13.6 Å². The van der Waals surface area contributed by atoms with E-state index in [2.05, 4.69) is 23.9 Å². The molecule has 86 valence electrons. The first-order valence-corrected chi connectivity index (χ1v) is 5.57. The number of hydrogen-bond donors (Lipinski definition) is 1. The van der Waals surface area contributed by atoms with E-state index >= 15 is 0 Å². The molecule has 2 nitrogen and oxygen atoms in total. The maximum Gasteiger partial charge on any atom is 0.123 e. The number of nitrogens with one attached hydrogen (secondary N) is 1. The van der Waals surface area contributed by atoms with Crippen LogP contribution >= 0.6 is 0 Å². The number of H-pyrrole nitrogens is 1. The van der Waals surface area contributed by atoms with E-state index in [1.165, 1.54) is 11.6 Å². The van der Waals surface area contributed by atoms with Crippen LogP contribution in [-0.4, -0.2) is 23.5 Å². The van der Waals surface area contributed by atoms with Gasteiger partial charge < -0.3 is 9.88 Å². The second-order valence-electron chi connectivity index (χ2n) is 4.25. The highest BCUT2D eigenvalue weighted by Gasteiger charge is 2.10. The summed E-state index contributed by atoms with van der Waals surface area (Å²) in [5, 5.41) is 0.998. The molecule has 0 atom stereocenters. The normalized spacial score (nSPS) is 11.6. The molecule has 2 rings (SSSR count). The van der Waals surface area contributed by atoms with Crippen molar-refractivity contribution in [2.24, 2.45) is 0 Å². The Balaban J connectivity index is 2.50. The third-order valence-corrected chi connectivity index (χ3v) is 3.05.